The molecule has 1 atom stereocenters. The molecule has 1 rings (SSSR count). The fourth-order valence-electron chi connectivity index (χ4n) is 2.17. The van der Waals surface area contributed by atoms with Crippen LogP contribution in [0.4, 0.5) is 0 Å². The van der Waals surface area contributed by atoms with Gasteiger partial charge in [0.15, 0.2) is 9.84 Å². The Morgan fingerprint density at radius 3 is 2.38 bits per heavy atom. The topological polar surface area (TPSA) is 46.2 Å². The van der Waals surface area contributed by atoms with Gasteiger partial charge in [-0.15, -0.1) is 0 Å². The Morgan fingerprint density at radius 1 is 1.31 bits per heavy atom. The molecule has 0 bridgehead atoms. The number of hydrogen-bond donors (Lipinski definition) is 1. The molecule has 1 fully saturated rings. The lowest BCUT2D eigenvalue weighted by molar-refractivity contribution is 0.401. The molecule has 0 spiro atoms. The lowest BCUT2D eigenvalue weighted by Gasteiger charge is -2.19. The summed E-state index contributed by atoms with van der Waals surface area (Å²) in [4.78, 5) is 0. The third-order valence-electron chi connectivity index (χ3n) is 3.51. The van der Waals surface area contributed by atoms with Crippen molar-refractivity contribution in [2.45, 2.75) is 52.5 Å². The molecule has 3 nitrogen and oxygen atoms in total. The van der Waals surface area contributed by atoms with Gasteiger partial charge in [0.05, 0.1) is 5.75 Å². The largest absolute Gasteiger partial charge is 0.313 e. The molecule has 96 valence electrons. The first-order chi connectivity index (χ1) is 7.43. The van der Waals surface area contributed by atoms with Gasteiger partial charge in [-0.3, -0.25) is 0 Å². The summed E-state index contributed by atoms with van der Waals surface area (Å²) in [6.45, 7) is 6.88. The number of nitrogens with one attached hydrogen (secondary N) is 1. The molecule has 4 heteroatoms. The van der Waals surface area contributed by atoms with Crippen LogP contribution in [0.15, 0.2) is 0 Å². The standard InChI is InChI=1S/C12H25NO2S/c1-4-6-12(7-8-12)10-13-11(3)9-16(14,15)5-2/h11,13H,4-10H2,1-3H3. The average molecular weight is 247 g/mol. The van der Waals surface area contributed by atoms with Crippen molar-refractivity contribution in [2.24, 2.45) is 5.41 Å². The van der Waals surface area contributed by atoms with Gasteiger partial charge < -0.3 is 5.32 Å². The predicted octanol–water partition coefficient (Wildman–Crippen LogP) is 1.98. The Morgan fingerprint density at radius 2 is 1.94 bits per heavy atom. The normalized spacial score (nSPS) is 20.7. The Labute approximate surface area is 99.9 Å². The highest BCUT2D eigenvalue weighted by atomic mass is 32.2. The highest BCUT2D eigenvalue weighted by molar-refractivity contribution is 7.91. The third kappa shape index (κ3) is 4.42. The van der Waals surface area contributed by atoms with Gasteiger partial charge in [0, 0.05) is 18.3 Å². The van der Waals surface area contributed by atoms with Gasteiger partial charge in [-0.05, 0) is 31.6 Å². The smallest absolute Gasteiger partial charge is 0.151 e. The molecule has 1 aliphatic rings. The van der Waals surface area contributed by atoms with Gasteiger partial charge in [-0.1, -0.05) is 20.3 Å². The van der Waals surface area contributed by atoms with E-state index >= 15 is 0 Å². The van der Waals surface area contributed by atoms with Crippen LogP contribution in [-0.4, -0.2) is 32.5 Å². The van der Waals surface area contributed by atoms with Gasteiger partial charge in [0.1, 0.15) is 0 Å². The van der Waals surface area contributed by atoms with Crippen molar-refractivity contribution in [3.05, 3.63) is 0 Å². The Hall–Kier alpha value is -0.0900. The molecule has 1 N–H and O–H groups in total. The fraction of sp³-hybridized carbons (Fsp3) is 1.00. The second kappa shape index (κ2) is 5.50. The second-order valence-corrected chi connectivity index (χ2v) is 7.63. The summed E-state index contributed by atoms with van der Waals surface area (Å²) in [5.74, 6) is 0.519. The zero-order chi connectivity index (χ0) is 12.2. The summed E-state index contributed by atoms with van der Waals surface area (Å²) in [6.07, 6.45) is 5.11. The number of rotatable bonds is 8. The minimum absolute atomic E-state index is 0.0827. The minimum Gasteiger partial charge on any atom is -0.313 e. The zero-order valence-electron chi connectivity index (χ0n) is 10.8. The van der Waals surface area contributed by atoms with Crippen LogP contribution in [0.1, 0.15) is 46.5 Å². The Balaban J connectivity index is 2.28. The van der Waals surface area contributed by atoms with Crippen LogP contribution >= 0.6 is 0 Å². The maximum absolute atomic E-state index is 11.4. The highest BCUT2D eigenvalue weighted by Crippen LogP contribution is 2.48. The van der Waals surface area contributed by atoms with E-state index in [0.29, 0.717) is 5.41 Å². The van der Waals surface area contributed by atoms with E-state index in [4.69, 9.17) is 0 Å². The van der Waals surface area contributed by atoms with Crippen LogP contribution < -0.4 is 5.32 Å². The van der Waals surface area contributed by atoms with Gasteiger partial charge >= 0.3 is 0 Å². The quantitative estimate of drug-likeness (QED) is 0.713. The Kier molecular flexibility index (Phi) is 4.80. The van der Waals surface area contributed by atoms with Crippen molar-refractivity contribution >= 4 is 9.84 Å². The summed E-state index contributed by atoms with van der Waals surface area (Å²) in [5, 5.41) is 3.38. The minimum atomic E-state index is -2.84. The van der Waals surface area contributed by atoms with Crippen molar-refractivity contribution in [2.75, 3.05) is 18.1 Å². The summed E-state index contributed by atoms with van der Waals surface area (Å²) in [7, 11) is -2.84. The summed E-state index contributed by atoms with van der Waals surface area (Å²) < 4.78 is 22.9. The zero-order valence-corrected chi connectivity index (χ0v) is 11.6. The molecule has 16 heavy (non-hydrogen) atoms. The van der Waals surface area contributed by atoms with Crippen LogP contribution in [0.3, 0.4) is 0 Å². The van der Waals surface area contributed by atoms with Crippen molar-refractivity contribution in [1.82, 2.24) is 5.32 Å². The van der Waals surface area contributed by atoms with Crippen molar-refractivity contribution in [3.8, 4) is 0 Å². The van der Waals surface area contributed by atoms with E-state index in [1.54, 1.807) is 6.92 Å². The molecule has 0 radical (unpaired) electrons. The number of sulfone groups is 1. The SMILES string of the molecule is CCCC1(CNC(C)CS(=O)(=O)CC)CC1. The van der Waals surface area contributed by atoms with Crippen molar-refractivity contribution in [3.63, 3.8) is 0 Å². The maximum atomic E-state index is 11.4. The molecule has 0 saturated heterocycles. The summed E-state index contributed by atoms with van der Waals surface area (Å²) in [5.41, 5.74) is 0.499. The molecule has 1 unspecified atom stereocenters. The molecule has 0 aromatic carbocycles. The molecule has 0 heterocycles. The van der Waals surface area contributed by atoms with Gasteiger partial charge in [-0.25, -0.2) is 8.42 Å². The van der Waals surface area contributed by atoms with E-state index < -0.39 is 9.84 Å². The van der Waals surface area contributed by atoms with Crippen LogP contribution in [0.5, 0.6) is 0 Å². The van der Waals surface area contributed by atoms with E-state index in [1.165, 1.54) is 25.7 Å². The van der Waals surface area contributed by atoms with Gasteiger partial charge in [-0.2, -0.15) is 0 Å². The fourth-order valence-corrected chi connectivity index (χ4v) is 3.29. The number of hydrogen-bond acceptors (Lipinski definition) is 3. The second-order valence-electron chi connectivity index (χ2n) is 5.23. The average Bonchev–Trinajstić information content (AvgIpc) is 2.96. The van der Waals surface area contributed by atoms with Crippen LogP contribution in [0.25, 0.3) is 0 Å². The molecule has 1 saturated carbocycles. The van der Waals surface area contributed by atoms with E-state index in [9.17, 15) is 8.42 Å². The molecular weight excluding hydrogens is 222 g/mol. The van der Waals surface area contributed by atoms with Crippen LogP contribution in [-0.2, 0) is 9.84 Å². The first-order valence-corrected chi connectivity index (χ1v) is 8.19. The molecular formula is C12H25NO2S. The van der Waals surface area contributed by atoms with Crippen molar-refractivity contribution < 1.29 is 8.42 Å². The third-order valence-corrected chi connectivity index (χ3v) is 5.39. The first kappa shape index (κ1) is 14.0. The first-order valence-electron chi connectivity index (χ1n) is 6.37. The molecule has 1 aliphatic carbocycles. The summed E-state index contributed by atoms with van der Waals surface area (Å²) >= 11 is 0. The maximum Gasteiger partial charge on any atom is 0.151 e. The summed E-state index contributed by atoms with van der Waals surface area (Å²) in [6, 6.07) is 0.0827. The van der Waals surface area contributed by atoms with Gasteiger partial charge in [0.2, 0.25) is 0 Å². The molecule has 0 aromatic rings. The highest BCUT2D eigenvalue weighted by Gasteiger charge is 2.41. The van der Waals surface area contributed by atoms with Gasteiger partial charge in [0.25, 0.3) is 0 Å². The van der Waals surface area contributed by atoms with Crippen molar-refractivity contribution in [1.29, 1.82) is 0 Å². The molecule has 0 amide bonds. The lowest BCUT2D eigenvalue weighted by atomic mass is 10.0. The van der Waals surface area contributed by atoms with E-state index in [0.717, 1.165) is 6.54 Å². The predicted molar refractivity (Wildman–Crippen MR) is 68.4 cm³/mol. The monoisotopic (exact) mass is 247 g/mol. The molecule has 0 aliphatic heterocycles. The lowest BCUT2D eigenvalue weighted by Crippen LogP contribution is -2.37. The van der Waals surface area contributed by atoms with E-state index in [-0.39, 0.29) is 17.5 Å². The van der Waals surface area contributed by atoms with E-state index in [1.807, 2.05) is 6.92 Å². The van der Waals surface area contributed by atoms with Crippen LogP contribution in [0.2, 0.25) is 0 Å². The Bertz CT molecular complexity index is 307. The molecule has 0 aromatic heterocycles. The van der Waals surface area contributed by atoms with E-state index in [2.05, 4.69) is 12.2 Å². The van der Waals surface area contributed by atoms with Crippen LogP contribution in [0, 0.1) is 5.41 Å².